The summed E-state index contributed by atoms with van der Waals surface area (Å²) in [6, 6.07) is 1.92. The molecule has 0 N–H and O–H groups in total. The van der Waals surface area contributed by atoms with Crippen LogP contribution in [0.1, 0.15) is 5.69 Å². The number of benzene rings is 1. The molecule has 0 atom stereocenters. The van der Waals surface area contributed by atoms with Crippen molar-refractivity contribution in [3.8, 4) is 29.4 Å². The Labute approximate surface area is 138 Å². The Kier molecular flexibility index (Phi) is 4.85. The van der Waals surface area contributed by atoms with E-state index in [1.54, 1.807) is 0 Å². The maximum atomic E-state index is 14.1. The van der Waals surface area contributed by atoms with E-state index in [2.05, 4.69) is 10.9 Å². The van der Waals surface area contributed by atoms with Crippen molar-refractivity contribution in [3.63, 3.8) is 0 Å². The van der Waals surface area contributed by atoms with Gasteiger partial charge in [0.15, 0.2) is 0 Å². The molecule has 0 radical (unpaired) electrons. The number of hydrogen-bond donors (Lipinski definition) is 0. The van der Waals surface area contributed by atoms with Gasteiger partial charge in [0.05, 0.1) is 11.2 Å². The maximum Gasteiger partial charge on any atom is 0.433 e. The van der Waals surface area contributed by atoms with Crippen molar-refractivity contribution in [2.45, 2.75) is 6.18 Å². The minimum atomic E-state index is -4.76. The fourth-order valence-corrected chi connectivity index (χ4v) is 2.13. The van der Waals surface area contributed by atoms with Crippen LogP contribution in [0.5, 0.6) is 5.75 Å². The second-order valence-corrected chi connectivity index (χ2v) is 5.02. The first-order chi connectivity index (χ1) is 11.2. The Morgan fingerprint density at radius 2 is 2.08 bits per heavy atom. The molecule has 1 aromatic heterocycles. The Balaban J connectivity index is 2.63. The number of hydrogen-bond acceptors (Lipinski definition) is 3. The van der Waals surface area contributed by atoms with Gasteiger partial charge < -0.3 is 9.30 Å². The van der Waals surface area contributed by atoms with Crippen LogP contribution in [0, 0.1) is 18.2 Å². The average molecular weight is 361 g/mol. The van der Waals surface area contributed by atoms with E-state index in [0.717, 1.165) is 19.2 Å². The van der Waals surface area contributed by atoms with E-state index in [-0.39, 0.29) is 22.9 Å². The van der Waals surface area contributed by atoms with Crippen LogP contribution in [0.4, 0.5) is 17.6 Å². The first kappa shape index (κ1) is 17.8. The average Bonchev–Trinajstić information content (AvgIpc) is 2.48. The number of alkyl halides is 3. The second kappa shape index (κ2) is 6.53. The van der Waals surface area contributed by atoms with E-state index >= 15 is 0 Å². The van der Waals surface area contributed by atoms with Crippen LogP contribution in [-0.2, 0) is 13.2 Å². The summed E-state index contributed by atoms with van der Waals surface area (Å²) >= 11 is 5.79. The summed E-state index contributed by atoms with van der Waals surface area (Å²) in [5.41, 5.74) is -3.23. The summed E-state index contributed by atoms with van der Waals surface area (Å²) in [4.78, 5) is 15.6. The molecular formula is C15H9ClF4N2O2. The first-order valence-corrected chi connectivity index (χ1v) is 6.73. The zero-order valence-electron chi connectivity index (χ0n) is 12.1. The number of nitrogens with zero attached hydrogens (tertiary/aromatic N) is 2. The summed E-state index contributed by atoms with van der Waals surface area (Å²) in [5, 5.41) is -0.102. The van der Waals surface area contributed by atoms with Crippen molar-refractivity contribution >= 4 is 11.6 Å². The monoisotopic (exact) mass is 360 g/mol. The summed E-state index contributed by atoms with van der Waals surface area (Å²) in [5.74, 6) is 1.23. The Morgan fingerprint density at radius 1 is 1.42 bits per heavy atom. The SMILES string of the molecule is C#CCOc1cc(-c2ncc(C(F)(F)F)n(C)c2=O)c(F)cc1Cl. The molecule has 4 nitrogen and oxygen atoms in total. The van der Waals surface area contributed by atoms with Crippen molar-refractivity contribution < 1.29 is 22.3 Å². The number of aromatic nitrogens is 2. The molecule has 0 amide bonds. The van der Waals surface area contributed by atoms with Gasteiger partial charge in [0.2, 0.25) is 0 Å². The van der Waals surface area contributed by atoms with Gasteiger partial charge in [-0.25, -0.2) is 9.37 Å². The summed E-state index contributed by atoms with van der Waals surface area (Å²) in [6.07, 6.45) is 0.729. The summed E-state index contributed by atoms with van der Waals surface area (Å²) < 4.78 is 57.8. The maximum absolute atomic E-state index is 14.1. The lowest BCUT2D eigenvalue weighted by Crippen LogP contribution is -2.28. The predicted octanol–water partition coefficient (Wildman–Crippen LogP) is 3.27. The normalized spacial score (nSPS) is 11.2. The van der Waals surface area contributed by atoms with E-state index in [1.165, 1.54) is 0 Å². The van der Waals surface area contributed by atoms with Crippen molar-refractivity contribution in [2.24, 2.45) is 7.05 Å². The topological polar surface area (TPSA) is 44.1 Å². The van der Waals surface area contributed by atoms with Crippen LogP contribution in [0.3, 0.4) is 0 Å². The highest BCUT2D eigenvalue weighted by molar-refractivity contribution is 6.32. The molecule has 126 valence electrons. The van der Waals surface area contributed by atoms with Crippen LogP contribution in [-0.4, -0.2) is 16.2 Å². The van der Waals surface area contributed by atoms with Crippen LogP contribution in [0.25, 0.3) is 11.3 Å². The minimum Gasteiger partial charge on any atom is -0.479 e. The van der Waals surface area contributed by atoms with Crippen LogP contribution >= 0.6 is 11.6 Å². The smallest absolute Gasteiger partial charge is 0.433 e. The van der Waals surface area contributed by atoms with Gasteiger partial charge in [0.1, 0.15) is 29.6 Å². The predicted molar refractivity (Wildman–Crippen MR) is 79.2 cm³/mol. The fourth-order valence-electron chi connectivity index (χ4n) is 1.92. The molecule has 0 aliphatic heterocycles. The molecule has 9 heteroatoms. The van der Waals surface area contributed by atoms with E-state index in [1.807, 2.05) is 0 Å². The van der Waals surface area contributed by atoms with Crippen molar-refractivity contribution in [1.82, 2.24) is 9.55 Å². The lowest BCUT2D eigenvalue weighted by Gasteiger charge is -2.13. The zero-order valence-corrected chi connectivity index (χ0v) is 12.9. The molecule has 0 fully saturated rings. The quantitative estimate of drug-likeness (QED) is 0.623. The molecule has 0 aliphatic carbocycles. The molecule has 0 unspecified atom stereocenters. The Hall–Kier alpha value is -2.53. The van der Waals surface area contributed by atoms with Gasteiger partial charge in [-0.2, -0.15) is 13.2 Å². The van der Waals surface area contributed by atoms with Crippen molar-refractivity contribution in [2.75, 3.05) is 6.61 Å². The van der Waals surface area contributed by atoms with Crippen LogP contribution in [0.15, 0.2) is 23.1 Å². The Morgan fingerprint density at radius 3 is 2.67 bits per heavy atom. The van der Waals surface area contributed by atoms with Gasteiger partial charge in [-0.05, 0) is 12.1 Å². The lowest BCUT2D eigenvalue weighted by atomic mass is 10.1. The largest absolute Gasteiger partial charge is 0.479 e. The zero-order chi connectivity index (χ0) is 18.1. The van der Waals surface area contributed by atoms with E-state index in [0.29, 0.717) is 10.8 Å². The van der Waals surface area contributed by atoms with Crippen molar-refractivity contribution in [3.05, 3.63) is 45.2 Å². The summed E-state index contributed by atoms with van der Waals surface area (Å²) in [7, 11) is 0.917. The third-order valence-corrected chi connectivity index (χ3v) is 3.36. The van der Waals surface area contributed by atoms with Gasteiger partial charge in [0, 0.05) is 12.6 Å². The standard InChI is InChI=1S/C15H9ClF4N2O2/c1-3-4-24-11-5-8(10(17)6-9(11)16)13-14(23)22(2)12(7-21-13)15(18,19)20/h1,5-7H,4H2,2H3. The van der Waals surface area contributed by atoms with E-state index < -0.39 is 28.9 Å². The molecule has 24 heavy (non-hydrogen) atoms. The lowest BCUT2D eigenvalue weighted by molar-refractivity contribution is -0.144. The van der Waals surface area contributed by atoms with Crippen LogP contribution < -0.4 is 10.3 Å². The molecule has 1 aromatic carbocycles. The number of ether oxygens (including phenoxy) is 1. The van der Waals surface area contributed by atoms with E-state index in [4.69, 9.17) is 22.8 Å². The molecule has 0 saturated heterocycles. The van der Waals surface area contributed by atoms with Gasteiger partial charge in [0.25, 0.3) is 5.56 Å². The molecule has 0 aliphatic rings. The minimum absolute atomic E-state index is 0.0187. The molecule has 2 aromatic rings. The number of terminal acetylenes is 1. The van der Waals surface area contributed by atoms with Crippen LogP contribution in [0.2, 0.25) is 5.02 Å². The molecular weight excluding hydrogens is 352 g/mol. The molecule has 0 spiro atoms. The van der Waals surface area contributed by atoms with Gasteiger partial charge in [-0.3, -0.25) is 4.79 Å². The van der Waals surface area contributed by atoms with Gasteiger partial charge in [-0.1, -0.05) is 17.5 Å². The molecule has 0 bridgehead atoms. The van der Waals surface area contributed by atoms with Crippen molar-refractivity contribution in [1.29, 1.82) is 0 Å². The molecule has 1 heterocycles. The molecule has 2 rings (SSSR count). The second-order valence-electron chi connectivity index (χ2n) is 4.61. The van der Waals surface area contributed by atoms with Gasteiger partial charge >= 0.3 is 6.18 Å². The Bertz CT molecular complexity index is 885. The fraction of sp³-hybridized carbons (Fsp3) is 0.200. The number of halogens is 5. The third kappa shape index (κ3) is 3.36. The highest BCUT2D eigenvalue weighted by Crippen LogP contribution is 2.32. The highest BCUT2D eigenvalue weighted by Gasteiger charge is 2.35. The van der Waals surface area contributed by atoms with Gasteiger partial charge in [-0.15, -0.1) is 6.42 Å². The molecule has 0 saturated carbocycles. The van der Waals surface area contributed by atoms with E-state index in [9.17, 15) is 22.4 Å². The summed E-state index contributed by atoms with van der Waals surface area (Å²) in [6.45, 7) is -0.163. The third-order valence-electron chi connectivity index (χ3n) is 3.06. The first-order valence-electron chi connectivity index (χ1n) is 6.35. The highest BCUT2D eigenvalue weighted by atomic mass is 35.5. The number of rotatable bonds is 3.